The van der Waals surface area contributed by atoms with Gasteiger partial charge in [0.05, 0.1) is 12.1 Å². The van der Waals surface area contributed by atoms with Crippen LogP contribution in [-0.2, 0) is 0 Å². The summed E-state index contributed by atoms with van der Waals surface area (Å²) in [5, 5.41) is 3.06. The van der Waals surface area contributed by atoms with Gasteiger partial charge in [-0.25, -0.2) is 0 Å². The van der Waals surface area contributed by atoms with Crippen LogP contribution in [0.4, 0.5) is 5.69 Å². The lowest BCUT2D eigenvalue weighted by atomic mass is 10.1. The average molecular weight is 221 g/mol. The molecule has 2 rings (SSSR count). The quantitative estimate of drug-likeness (QED) is 0.739. The Balaban J connectivity index is 2.48. The summed E-state index contributed by atoms with van der Waals surface area (Å²) in [6, 6.07) is 5.38. The minimum Gasteiger partial charge on any atom is -0.497 e. The highest BCUT2D eigenvalue weighted by Crippen LogP contribution is 2.26. The van der Waals surface area contributed by atoms with E-state index in [-0.39, 0.29) is 5.78 Å². The van der Waals surface area contributed by atoms with Crippen LogP contribution in [0.3, 0.4) is 0 Å². The number of carbonyl (C=O) groups excluding carboxylic acids is 1. The second-order valence-electron chi connectivity index (χ2n) is 3.38. The molecule has 1 aromatic carbocycles. The smallest absolute Gasteiger partial charge is 0.165 e. The summed E-state index contributed by atoms with van der Waals surface area (Å²) in [5.41, 5.74) is 1.44. The Kier molecular flexibility index (Phi) is 2.68. The van der Waals surface area contributed by atoms with Gasteiger partial charge in [0.1, 0.15) is 5.75 Å². The highest BCUT2D eigenvalue weighted by Gasteiger charge is 2.17. The normalized spacial score (nSPS) is 15.3. The zero-order chi connectivity index (χ0) is 10.8. The Morgan fingerprint density at radius 2 is 2.20 bits per heavy atom. The number of hydrogen-bond acceptors (Lipinski definition) is 3. The molecule has 0 bridgehead atoms. The van der Waals surface area contributed by atoms with Gasteiger partial charge in [-0.1, -0.05) is 12.2 Å². The number of anilines is 1. The molecular formula is C11H11NO2S. The number of carbonyl (C=O) groups is 1. The average Bonchev–Trinajstić information content (AvgIpc) is 2.39. The first kappa shape index (κ1) is 10.1. The molecule has 1 aliphatic rings. The first-order valence-corrected chi connectivity index (χ1v) is 5.12. The number of nitrogens with one attached hydrogen (secondary N) is 1. The van der Waals surface area contributed by atoms with Crippen LogP contribution in [0.2, 0.25) is 0 Å². The van der Waals surface area contributed by atoms with Crippen LogP contribution in [0.1, 0.15) is 23.2 Å². The lowest BCUT2D eigenvalue weighted by Crippen LogP contribution is -2.06. The van der Waals surface area contributed by atoms with Crippen LogP contribution in [-0.4, -0.2) is 17.9 Å². The summed E-state index contributed by atoms with van der Waals surface area (Å²) in [7, 11) is 1.58. The lowest BCUT2D eigenvalue weighted by molar-refractivity contribution is 0.0986. The van der Waals surface area contributed by atoms with Crippen molar-refractivity contribution in [2.24, 2.45) is 0 Å². The topological polar surface area (TPSA) is 38.3 Å². The third-order valence-electron chi connectivity index (χ3n) is 2.38. The molecule has 0 aromatic heterocycles. The Bertz CT molecular complexity index is 429. The second-order valence-corrected chi connectivity index (χ2v) is 3.88. The minimum atomic E-state index is 0.108. The van der Waals surface area contributed by atoms with Crippen molar-refractivity contribution < 1.29 is 9.53 Å². The van der Waals surface area contributed by atoms with Gasteiger partial charge in [0.2, 0.25) is 0 Å². The largest absolute Gasteiger partial charge is 0.497 e. The van der Waals surface area contributed by atoms with Crippen molar-refractivity contribution in [3.63, 3.8) is 0 Å². The molecule has 1 aromatic rings. The molecule has 4 heteroatoms. The van der Waals surface area contributed by atoms with E-state index in [1.54, 1.807) is 13.2 Å². The van der Waals surface area contributed by atoms with E-state index in [2.05, 4.69) is 5.32 Å². The first-order chi connectivity index (χ1) is 7.20. The zero-order valence-corrected chi connectivity index (χ0v) is 9.19. The lowest BCUT2D eigenvalue weighted by Gasteiger charge is -2.08. The number of benzene rings is 1. The molecule has 0 spiro atoms. The number of thiocarbonyl (C=S) groups is 1. The van der Waals surface area contributed by atoms with Crippen LogP contribution < -0.4 is 10.1 Å². The van der Waals surface area contributed by atoms with Gasteiger partial charge in [0, 0.05) is 24.1 Å². The van der Waals surface area contributed by atoms with Crippen molar-refractivity contribution in [3.05, 3.63) is 23.8 Å². The number of rotatable bonds is 1. The molecule has 0 fully saturated rings. The molecule has 15 heavy (non-hydrogen) atoms. The summed E-state index contributed by atoms with van der Waals surface area (Å²) in [5.74, 6) is 0.799. The molecule has 1 N–H and O–H groups in total. The summed E-state index contributed by atoms with van der Waals surface area (Å²) in [6.07, 6.45) is 1.08. The third kappa shape index (κ3) is 1.99. The summed E-state index contributed by atoms with van der Waals surface area (Å²) < 4.78 is 5.08. The number of hydrogen-bond donors (Lipinski definition) is 1. The minimum absolute atomic E-state index is 0.108. The molecule has 0 aliphatic carbocycles. The molecule has 0 atom stereocenters. The van der Waals surface area contributed by atoms with Crippen LogP contribution in [0.15, 0.2) is 18.2 Å². The zero-order valence-electron chi connectivity index (χ0n) is 8.37. The SMILES string of the molecule is COc1ccc2c(c1)C(=O)CCC(=S)N2. The summed E-state index contributed by atoms with van der Waals surface area (Å²) in [4.78, 5) is 12.5. The molecular weight excluding hydrogens is 210 g/mol. The van der Waals surface area contributed by atoms with E-state index in [4.69, 9.17) is 17.0 Å². The number of fused-ring (bicyclic) bond motifs is 1. The van der Waals surface area contributed by atoms with E-state index in [0.717, 1.165) is 5.69 Å². The van der Waals surface area contributed by atoms with Crippen LogP contribution >= 0.6 is 12.2 Å². The fraction of sp³-hybridized carbons (Fsp3) is 0.273. The Morgan fingerprint density at radius 3 is 2.93 bits per heavy atom. The summed E-state index contributed by atoms with van der Waals surface area (Å²) >= 11 is 5.09. The molecule has 78 valence electrons. The molecule has 0 saturated heterocycles. The van der Waals surface area contributed by atoms with E-state index < -0.39 is 0 Å². The molecule has 1 heterocycles. The first-order valence-electron chi connectivity index (χ1n) is 4.72. The van der Waals surface area contributed by atoms with Gasteiger partial charge in [-0.15, -0.1) is 0 Å². The Morgan fingerprint density at radius 1 is 1.40 bits per heavy atom. The monoisotopic (exact) mass is 221 g/mol. The van der Waals surface area contributed by atoms with Gasteiger partial charge in [0.25, 0.3) is 0 Å². The maximum Gasteiger partial charge on any atom is 0.165 e. The van der Waals surface area contributed by atoms with Gasteiger partial charge in [-0.3, -0.25) is 4.79 Å². The number of methoxy groups -OCH3 is 1. The predicted octanol–water partition coefficient (Wildman–Crippen LogP) is 2.41. The Labute approximate surface area is 93.4 Å². The van der Waals surface area contributed by atoms with Gasteiger partial charge >= 0.3 is 0 Å². The van der Waals surface area contributed by atoms with Crippen molar-refractivity contribution in [2.45, 2.75) is 12.8 Å². The van der Waals surface area contributed by atoms with Gasteiger partial charge in [0.15, 0.2) is 5.78 Å². The predicted molar refractivity (Wildman–Crippen MR) is 62.8 cm³/mol. The number of ketones is 1. The van der Waals surface area contributed by atoms with Gasteiger partial charge in [-0.2, -0.15) is 0 Å². The number of ether oxygens (including phenoxy) is 1. The fourth-order valence-electron chi connectivity index (χ4n) is 1.56. The molecule has 0 unspecified atom stereocenters. The van der Waals surface area contributed by atoms with Crippen LogP contribution in [0.5, 0.6) is 5.75 Å². The maximum absolute atomic E-state index is 11.8. The molecule has 0 saturated carbocycles. The van der Waals surface area contributed by atoms with Gasteiger partial charge < -0.3 is 10.1 Å². The molecule has 0 amide bonds. The number of Topliss-reactive ketones (excluding diaryl/α,β-unsaturated/α-hetero) is 1. The highest BCUT2D eigenvalue weighted by atomic mass is 32.1. The molecule has 3 nitrogen and oxygen atoms in total. The van der Waals surface area contributed by atoms with Gasteiger partial charge in [-0.05, 0) is 18.2 Å². The van der Waals surface area contributed by atoms with Crippen LogP contribution in [0.25, 0.3) is 0 Å². The maximum atomic E-state index is 11.8. The van der Waals surface area contributed by atoms with Crippen LogP contribution in [0, 0.1) is 0 Å². The van der Waals surface area contributed by atoms with Crippen molar-refractivity contribution in [1.29, 1.82) is 0 Å². The van der Waals surface area contributed by atoms with Crippen molar-refractivity contribution >= 4 is 28.7 Å². The van der Waals surface area contributed by atoms with E-state index in [0.29, 0.717) is 29.1 Å². The molecule has 0 radical (unpaired) electrons. The second kappa shape index (κ2) is 3.98. The fourth-order valence-corrected chi connectivity index (χ4v) is 1.78. The van der Waals surface area contributed by atoms with Crippen molar-refractivity contribution in [3.8, 4) is 5.75 Å². The van der Waals surface area contributed by atoms with E-state index in [9.17, 15) is 4.79 Å². The highest BCUT2D eigenvalue weighted by molar-refractivity contribution is 7.80. The van der Waals surface area contributed by atoms with E-state index in [1.165, 1.54) is 0 Å². The standard InChI is InChI=1S/C11H11NO2S/c1-14-7-2-3-9-8(6-7)10(13)4-5-11(15)12-9/h2-3,6H,4-5H2,1H3,(H,12,15). The van der Waals surface area contributed by atoms with E-state index in [1.807, 2.05) is 12.1 Å². The third-order valence-corrected chi connectivity index (χ3v) is 2.69. The van der Waals surface area contributed by atoms with Crippen molar-refractivity contribution in [1.82, 2.24) is 0 Å². The van der Waals surface area contributed by atoms with E-state index >= 15 is 0 Å². The molecule has 1 aliphatic heterocycles. The summed E-state index contributed by atoms with van der Waals surface area (Å²) in [6.45, 7) is 0. The Hall–Kier alpha value is -1.42. The van der Waals surface area contributed by atoms with Crippen molar-refractivity contribution in [2.75, 3.05) is 12.4 Å².